The molecular weight excluding hydrogens is 278 g/mol. The summed E-state index contributed by atoms with van der Waals surface area (Å²) in [6.45, 7) is -0.0258. The first-order valence-electron chi connectivity index (χ1n) is 5.09. The second-order valence-electron chi connectivity index (χ2n) is 3.70. The Bertz CT molecular complexity index is 680. The number of hydrogen-bond donors (Lipinski definition) is 2. The van der Waals surface area contributed by atoms with E-state index in [0.29, 0.717) is 5.75 Å². The molecule has 2 N–H and O–H groups in total. The molecule has 0 atom stereocenters. The summed E-state index contributed by atoms with van der Waals surface area (Å²) in [5, 5.41) is 22.2. The van der Waals surface area contributed by atoms with E-state index in [-0.39, 0.29) is 40.3 Å². The van der Waals surface area contributed by atoms with Crippen molar-refractivity contribution >= 4 is 17.6 Å². The van der Waals surface area contributed by atoms with Crippen molar-refractivity contribution in [3.63, 3.8) is 0 Å². The van der Waals surface area contributed by atoms with Crippen LogP contribution in [-0.4, -0.2) is 28.1 Å². The number of ether oxygens (including phenoxy) is 2. The number of aromatic carboxylic acids is 1. The predicted octanol–water partition coefficient (Wildman–Crippen LogP) is 2.13. The summed E-state index contributed by atoms with van der Waals surface area (Å²) in [6, 6.07) is 2.56. The zero-order valence-corrected chi connectivity index (χ0v) is 9.97. The van der Waals surface area contributed by atoms with Crippen molar-refractivity contribution in [2.75, 3.05) is 6.79 Å². The van der Waals surface area contributed by atoms with Crippen LogP contribution < -0.4 is 9.47 Å². The molecule has 1 aliphatic rings. The predicted molar refractivity (Wildman–Crippen MR) is 61.7 cm³/mol. The molecule has 2 aromatic rings. The molecule has 0 radical (unpaired) electrons. The first-order valence-corrected chi connectivity index (χ1v) is 5.47. The van der Waals surface area contributed by atoms with Gasteiger partial charge in [0, 0.05) is 12.1 Å². The Morgan fingerprint density at radius 2 is 2.16 bits per heavy atom. The summed E-state index contributed by atoms with van der Waals surface area (Å²) < 4.78 is 15.3. The highest BCUT2D eigenvalue weighted by Gasteiger charge is 2.28. The minimum Gasteiger partial charge on any atom is -0.505 e. The maximum Gasteiger partial charge on any atom is 0.358 e. The van der Waals surface area contributed by atoms with Crippen molar-refractivity contribution < 1.29 is 29.0 Å². The molecule has 0 fully saturated rings. The Morgan fingerprint density at radius 1 is 1.37 bits per heavy atom. The van der Waals surface area contributed by atoms with Gasteiger partial charge in [-0.05, 0) is 0 Å². The van der Waals surface area contributed by atoms with E-state index in [4.69, 9.17) is 30.7 Å². The van der Waals surface area contributed by atoms with E-state index in [1.165, 1.54) is 6.07 Å². The van der Waals surface area contributed by atoms with Crippen molar-refractivity contribution in [3.8, 4) is 28.6 Å². The number of rotatable bonds is 2. The third-order valence-corrected chi connectivity index (χ3v) is 2.85. The van der Waals surface area contributed by atoms with E-state index in [0.717, 1.165) is 6.07 Å². The zero-order valence-electron chi connectivity index (χ0n) is 9.21. The third-order valence-electron chi connectivity index (χ3n) is 2.57. The zero-order chi connectivity index (χ0) is 13.6. The molecule has 8 heteroatoms. The number of aromatic nitrogens is 1. The van der Waals surface area contributed by atoms with Gasteiger partial charge >= 0.3 is 5.97 Å². The maximum absolute atomic E-state index is 10.8. The Hall–Kier alpha value is -2.41. The van der Waals surface area contributed by atoms with Gasteiger partial charge in [-0.25, -0.2) is 4.79 Å². The molecule has 0 saturated heterocycles. The fraction of sp³-hybridized carbons (Fsp3) is 0.0909. The summed E-state index contributed by atoms with van der Waals surface area (Å²) in [6.07, 6.45) is 0. The lowest BCUT2D eigenvalue weighted by atomic mass is 10.1. The molecule has 0 aliphatic carbocycles. The number of hydrogen-bond acceptors (Lipinski definition) is 6. The monoisotopic (exact) mass is 283 g/mol. The van der Waals surface area contributed by atoms with Crippen molar-refractivity contribution in [3.05, 3.63) is 22.8 Å². The number of carboxylic acid groups (broad SMARTS) is 1. The van der Waals surface area contributed by atoms with E-state index in [1.807, 2.05) is 0 Å². The standard InChI is InChI=1S/C11H6ClNO6/c12-4-1-7-10(18-3-17-7)8(9(4)14)6-2-5(11(15)16)13-19-6/h1-2,14H,3H2,(H,15,16). The normalized spacial score (nSPS) is 12.7. The average Bonchev–Trinajstić information content (AvgIpc) is 2.99. The fourth-order valence-electron chi connectivity index (χ4n) is 1.72. The van der Waals surface area contributed by atoms with E-state index in [9.17, 15) is 9.90 Å². The van der Waals surface area contributed by atoms with Crippen LogP contribution in [0.3, 0.4) is 0 Å². The minimum atomic E-state index is -1.25. The van der Waals surface area contributed by atoms with E-state index in [2.05, 4.69) is 5.16 Å². The van der Waals surface area contributed by atoms with Crippen LogP contribution >= 0.6 is 11.6 Å². The second kappa shape index (κ2) is 4.06. The van der Waals surface area contributed by atoms with Crippen molar-refractivity contribution in [2.45, 2.75) is 0 Å². The van der Waals surface area contributed by atoms with Gasteiger partial charge in [0.1, 0.15) is 11.3 Å². The van der Waals surface area contributed by atoms with Gasteiger partial charge in [-0.3, -0.25) is 0 Å². The molecule has 3 rings (SSSR count). The summed E-state index contributed by atoms with van der Waals surface area (Å²) >= 11 is 5.85. The van der Waals surface area contributed by atoms with Crippen LogP contribution in [0.5, 0.6) is 17.2 Å². The number of carboxylic acids is 1. The molecule has 1 aromatic carbocycles. The molecule has 0 unspecified atom stereocenters. The highest BCUT2D eigenvalue weighted by molar-refractivity contribution is 6.32. The highest BCUT2D eigenvalue weighted by Crippen LogP contribution is 2.50. The quantitative estimate of drug-likeness (QED) is 0.870. The summed E-state index contributed by atoms with van der Waals surface area (Å²) in [5.41, 5.74) is -0.179. The molecule has 1 aliphatic heterocycles. The first-order chi connectivity index (χ1) is 9.08. The molecular formula is C11H6ClNO6. The molecule has 0 amide bonds. The lowest BCUT2D eigenvalue weighted by Crippen LogP contribution is -1.94. The number of aromatic hydroxyl groups is 1. The molecule has 1 aromatic heterocycles. The lowest BCUT2D eigenvalue weighted by molar-refractivity contribution is 0.0686. The number of phenolic OH excluding ortho intramolecular Hbond substituents is 1. The van der Waals surface area contributed by atoms with Gasteiger partial charge in [0.15, 0.2) is 23.0 Å². The molecule has 98 valence electrons. The van der Waals surface area contributed by atoms with Crippen LogP contribution in [0.4, 0.5) is 0 Å². The van der Waals surface area contributed by atoms with Gasteiger partial charge in [-0.2, -0.15) is 0 Å². The van der Waals surface area contributed by atoms with Crippen LogP contribution in [0.25, 0.3) is 11.3 Å². The van der Waals surface area contributed by atoms with Crippen LogP contribution in [0.1, 0.15) is 10.5 Å². The maximum atomic E-state index is 10.8. The highest BCUT2D eigenvalue weighted by atomic mass is 35.5. The SMILES string of the molecule is O=C(O)c1cc(-c2c(O)c(Cl)cc3c2OCO3)on1. The van der Waals surface area contributed by atoms with Gasteiger partial charge < -0.3 is 24.2 Å². The molecule has 19 heavy (non-hydrogen) atoms. The summed E-state index contributed by atoms with van der Waals surface area (Å²) in [7, 11) is 0. The second-order valence-corrected chi connectivity index (χ2v) is 4.10. The van der Waals surface area contributed by atoms with Gasteiger partial charge in [0.25, 0.3) is 0 Å². The van der Waals surface area contributed by atoms with Gasteiger partial charge in [0.2, 0.25) is 6.79 Å². The molecule has 0 spiro atoms. The molecule has 0 saturated carbocycles. The van der Waals surface area contributed by atoms with E-state index in [1.54, 1.807) is 0 Å². The topological polar surface area (TPSA) is 102 Å². The number of nitrogens with zero attached hydrogens (tertiary/aromatic N) is 1. The van der Waals surface area contributed by atoms with E-state index >= 15 is 0 Å². The number of fused-ring (bicyclic) bond motifs is 1. The smallest absolute Gasteiger partial charge is 0.358 e. The van der Waals surface area contributed by atoms with Crippen LogP contribution in [-0.2, 0) is 0 Å². The number of carbonyl (C=O) groups is 1. The number of phenols is 1. The Kier molecular flexibility index (Phi) is 2.49. The fourth-order valence-corrected chi connectivity index (χ4v) is 1.92. The van der Waals surface area contributed by atoms with Crippen molar-refractivity contribution in [2.24, 2.45) is 0 Å². The molecule has 7 nitrogen and oxygen atoms in total. The Balaban J connectivity index is 2.21. The molecule has 0 bridgehead atoms. The summed E-state index contributed by atoms with van der Waals surface area (Å²) in [4.78, 5) is 10.8. The largest absolute Gasteiger partial charge is 0.505 e. The number of halogens is 1. The van der Waals surface area contributed by atoms with Crippen LogP contribution in [0, 0.1) is 0 Å². The van der Waals surface area contributed by atoms with Gasteiger partial charge in [-0.15, -0.1) is 0 Å². The first kappa shape index (κ1) is 11.7. The number of benzene rings is 1. The Labute approximate surface area is 110 Å². The Morgan fingerprint density at radius 3 is 2.84 bits per heavy atom. The van der Waals surface area contributed by atoms with Gasteiger partial charge in [0.05, 0.1) is 5.02 Å². The van der Waals surface area contributed by atoms with Crippen molar-refractivity contribution in [1.82, 2.24) is 5.16 Å². The summed E-state index contributed by atoms with van der Waals surface area (Å²) in [5.74, 6) is -0.940. The minimum absolute atomic E-state index is 0.0258. The third kappa shape index (κ3) is 1.75. The lowest BCUT2D eigenvalue weighted by Gasteiger charge is -2.06. The average molecular weight is 284 g/mol. The van der Waals surface area contributed by atoms with Gasteiger partial charge in [-0.1, -0.05) is 16.8 Å². The van der Waals surface area contributed by atoms with E-state index < -0.39 is 5.97 Å². The van der Waals surface area contributed by atoms with Crippen LogP contribution in [0.15, 0.2) is 16.7 Å². The molecule has 2 heterocycles. The van der Waals surface area contributed by atoms with Crippen LogP contribution in [0.2, 0.25) is 5.02 Å². The van der Waals surface area contributed by atoms with Crippen molar-refractivity contribution in [1.29, 1.82) is 0 Å².